The highest BCUT2D eigenvalue weighted by atomic mass is 35.5. The minimum Gasteiger partial charge on any atom is -0.299 e. The Hall–Kier alpha value is -0.830. The molecule has 1 aliphatic rings. The average molecular weight is 311 g/mol. The molecule has 0 spiro atoms. The van der Waals surface area contributed by atoms with E-state index in [1.165, 1.54) is 0 Å². The zero-order chi connectivity index (χ0) is 15.6. The standard InChI is InChI=1S/C17H27ClN2O/c1-5-14-17(18)15(20(6-2)19-14)10-13-9-12(11(3)4)7-8-16(13)21/h11-13H,5-10H2,1-4H3. The van der Waals surface area contributed by atoms with Crippen molar-refractivity contribution in [2.24, 2.45) is 17.8 Å². The van der Waals surface area contributed by atoms with Crippen LogP contribution in [0.4, 0.5) is 0 Å². The lowest BCUT2D eigenvalue weighted by Crippen LogP contribution is -2.29. The van der Waals surface area contributed by atoms with Crippen molar-refractivity contribution in [3.05, 3.63) is 16.4 Å². The van der Waals surface area contributed by atoms with Gasteiger partial charge in [0.05, 0.1) is 16.4 Å². The second-order valence-corrected chi connectivity index (χ2v) is 6.90. The molecule has 21 heavy (non-hydrogen) atoms. The highest BCUT2D eigenvalue weighted by Crippen LogP contribution is 2.35. The van der Waals surface area contributed by atoms with E-state index in [2.05, 4.69) is 32.8 Å². The first-order valence-corrected chi connectivity index (χ1v) is 8.62. The fourth-order valence-electron chi connectivity index (χ4n) is 3.39. The SMILES string of the molecule is CCc1nn(CC)c(CC2CC(C(C)C)CCC2=O)c1Cl. The van der Waals surface area contributed by atoms with Gasteiger partial charge in [0.25, 0.3) is 0 Å². The minimum atomic E-state index is 0.121. The Kier molecular flexibility index (Phi) is 5.48. The van der Waals surface area contributed by atoms with Crippen LogP contribution in [0.3, 0.4) is 0 Å². The number of rotatable bonds is 5. The third-order valence-electron chi connectivity index (χ3n) is 4.88. The third-order valence-corrected chi connectivity index (χ3v) is 5.32. The van der Waals surface area contributed by atoms with Crippen LogP contribution in [-0.4, -0.2) is 15.6 Å². The maximum Gasteiger partial charge on any atom is 0.136 e. The Labute approximate surface area is 133 Å². The molecule has 2 atom stereocenters. The fourth-order valence-corrected chi connectivity index (χ4v) is 3.74. The first kappa shape index (κ1) is 16.5. The number of aromatic nitrogens is 2. The number of carbonyl (C=O) groups is 1. The summed E-state index contributed by atoms with van der Waals surface area (Å²) in [4.78, 5) is 12.3. The Morgan fingerprint density at radius 2 is 2.10 bits per heavy atom. The molecule has 0 radical (unpaired) electrons. The Balaban J connectivity index is 2.20. The number of carbonyl (C=O) groups excluding carboxylic acids is 1. The zero-order valence-electron chi connectivity index (χ0n) is 13.7. The van der Waals surface area contributed by atoms with Crippen molar-refractivity contribution in [2.75, 3.05) is 0 Å². The Bertz CT molecular complexity index is 507. The molecule has 0 N–H and O–H groups in total. The molecule has 1 saturated carbocycles. The highest BCUT2D eigenvalue weighted by Gasteiger charge is 2.31. The van der Waals surface area contributed by atoms with E-state index >= 15 is 0 Å². The van der Waals surface area contributed by atoms with Gasteiger partial charge in [-0.2, -0.15) is 5.10 Å². The van der Waals surface area contributed by atoms with Crippen molar-refractivity contribution in [1.29, 1.82) is 0 Å². The van der Waals surface area contributed by atoms with E-state index in [1.54, 1.807) is 0 Å². The van der Waals surface area contributed by atoms with E-state index in [0.29, 0.717) is 17.6 Å². The summed E-state index contributed by atoms with van der Waals surface area (Å²) in [6.07, 6.45) is 4.37. The van der Waals surface area contributed by atoms with Crippen molar-refractivity contribution in [2.45, 2.75) is 66.3 Å². The highest BCUT2D eigenvalue weighted by molar-refractivity contribution is 6.31. The number of hydrogen-bond acceptors (Lipinski definition) is 2. The van der Waals surface area contributed by atoms with E-state index in [-0.39, 0.29) is 5.92 Å². The summed E-state index contributed by atoms with van der Waals surface area (Å²) in [6, 6.07) is 0. The maximum absolute atomic E-state index is 12.3. The van der Waals surface area contributed by atoms with Crippen LogP contribution < -0.4 is 0 Å². The van der Waals surface area contributed by atoms with Gasteiger partial charge in [-0.3, -0.25) is 9.48 Å². The molecule has 0 amide bonds. The summed E-state index contributed by atoms with van der Waals surface area (Å²) in [5.41, 5.74) is 2.01. The zero-order valence-corrected chi connectivity index (χ0v) is 14.4. The van der Waals surface area contributed by atoms with Gasteiger partial charge in [-0.05, 0) is 38.0 Å². The Morgan fingerprint density at radius 1 is 1.38 bits per heavy atom. The molecule has 3 nitrogen and oxygen atoms in total. The number of ketones is 1. The monoisotopic (exact) mass is 310 g/mol. The molecular formula is C17H27ClN2O. The van der Waals surface area contributed by atoms with Gasteiger partial charge in [0.1, 0.15) is 5.78 Å². The molecule has 4 heteroatoms. The first-order chi connectivity index (χ1) is 9.97. The number of Topliss-reactive ketones (excluding diaryl/α,β-unsaturated/α-hetero) is 1. The summed E-state index contributed by atoms with van der Waals surface area (Å²) >= 11 is 6.48. The number of hydrogen-bond donors (Lipinski definition) is 0. The van der Waals surface area contributed by atoms with Crippen molar-refractivity contribution in [1.82, 2.24) is 9.78 Å². The van der Waals surface area contributed by atoms with Gasteiger partial charge in [-0.1, -0.05) is 32.4 Å². The topological polar surface area (TPSA) is 34.9 Å². The van der Waals surface area contributed by atoms with Crippen molar-refractivity contribution < 1.29 is 4.79 Å². The second-order valence-electron chi connectivity index (χ2n) is 6.52. The van der Waals surface area contributed by atoms with Crippen LogP contribution in [0.15, 0.2) is 0 Å². The number of halogens is 1. The summed E-state index contributed by atoms with van der Waals surface area (Å²) < 4.78 is 1.98. The summed E-state index contributed by atoms with van der Waals surface area (Å²) in [7, 11) is 0. The predicted molar refractivity (Wildman–Crippen MR) is 86.7 cm³/mol. The third kappa shape index (κ3) is 3.50. The molecule has 1 fully saturated rings. The van der Waals surface area contributed by atoms with Gasteiger partial charge in [-0.25, -0.2) is 0 Å². The van der Waals surface area contributed by atoms with Gasteiger partial charge in [-0.15, -0.1) is 0 Å². The molecule has 1 aliphatic carbocycles. The van der Waals surface area contributed by atoms with E-state index in [9.17, 15) is 4.79 Å². The lowest BCUT2D eigenvalue weighted by molar-refractivity contribution is -0.126. The molecule has 1 aromatic rings. The van der Waals surface area contributed by atoms with Crippen LogP contribution in [0.1, 0.15) is 58.3 Å². The molecule has 1 aromatic heterocycles. The second kappa shape index (κ2) is 6.95. The van der Waals surface area contributed by atoms with Gasteiger partial charge < -0.3 is 0 Å². The Morgan fingerprint density at radius 3 is 2.67 bits per heavy atom. The van der Waals surface area contributed by atoms with E-state index in [4.69, 9.17) is 11.6 Å². The van der Waals surface area contributed by atoms with Gasteiger partial charge >= 0.3 is 0 Å². The van der Waals surface area contributed by atoms with E-state index in [1.807, 2.05) is 4.68 Å². The van der Waals surface area contributed by atoms with Gasteiger partial charge in [0, 0.05) is 25.3 Å². The molecule has 0 aromatic carbocycles. The molecule has 2 rings (SSSR count). The van der Waals surface area contributed by atoms with Gasteiger partial charge in [0.2, 0.25) is 0 Å². The number of nitrogens with zero attached hydrogens (tertiary/aromatic N) is 2. The number of aryl methyl sites for hydroxylation is 2. The largest absolute Gasteiger partial charge is 0.299 e. The smallest absolute Gasteiger partial charge is 0.136 e. The van der Waals surface area contributed by atoms with E-state index in [0.717, 1.165) is 55.1 Å². The van der Waals surface area contributed by atoms with Crippen molar-refractivity contribution >= 4 is 17.4 Å². The molecule has 2 unspecified atom stereocenters. The van der Waals surface area contributed by atoms with Crippen molar-refractivity contribution in [3.8, 4) is 0 Å². The molecular weight excluding hydrogens is 284 g/mol. The predicted octanol–water partition coefficient (Wildman–Crippen LogP) is 4.30. The molecule has 0 saturated heterocycles. The summed E-state index contributed by atoms with van der Waals surface area (Å²) in [6.45, 7) is 9.47. The maximum atomic E-state index is 12.3. The first-order valence-electron chi connectivity index (χ1n) is 8.24. The quantitative estimate of drug-likeness (QED) is 0.812. The lowest BCUT2D eigenvalue weighted by atomic mass is 9.74. The normalized spacial score (nSPS) is 23.0. The summed E-state index contributed by atoms with van der Waals surface area (Å²) in [5, 5.41) is 5.34. The minimum absolute atomic E-state index is 0.121. The molecule has 0 aliphatic heterocycles. The molecule has 0 bridgehead atoms. The van der Waals surface area contributed by atoms with Gasteiger partial charge in [0.15, 0.2) is 0 Å². The average Bonchev–Trinajstić information content (AvgIpc) is 2.77. The van der Waals surface area contributed by atoms with Crippen LogP contribution >= 0.6 is 11.6 Å². The fraction of sp³-hybridized carbons (Fsp3) is 0.765. The van der Waals surface area contributed by atoms with E-state index < -0.39 is 0 Å². The van der Waals surface area contributed by atoms with Crippen LogP contribution in [0, 0.1) is 17.8 Å². The lowest BCUT2D eigenvalue weighted by Gasteiger charge is -2.30. The summed E-state index contributed by atoms with van der Waals surface area (Å²) in [5.74, 6) is 1.84. The van der Waals surface area contributed by atoms with Crippen LogP contribution in [0.5, 0.6) is 0 Å². The molecule has 118 valence electrons. The van der Waals surface area contributed by atoms with Crippen LogP contribution in [-0.2, 0) is 24.2 Å². The van der Waals surface area contributed by atoms with Crippen LogP contribution in [0.25, 0.3) is 0 Å². The van der Waals surface area contributed by atoms with Crippen LogP contribution in [0.2, 0.25) is 5.02 Å². The molecule has 1 heterocycles. The van der Waals surface area contributed by atoms with Crippen molar-refractivity contribution in [3.63, 3.8) is 0 Å².